The average molecular weight is 302 g/mol. The van der Waals surface area contributed by atoms with Crippen molar-refractivity contribution in [3.63, 3.8) is 0 Å². The summed E-state index contributed by atoms with van der Waals surface area (Å²) in [5.41, 5.74) is -1.41. The molecule has 1 aromatic rings. The van der Waals surface area contributed by atoms with Crippen molar-refractivity contribution in [3.8, 4) is 0 Å². The van der Waals surface area contributed by atoms with Crippen molar-refractivity contribution in [3.05, 3.63) is 33.6 Å². The van der Waals surface area contributed by atoms with Gasteiger partial charge in [-0.3, -0.25) is 10.1 Å². The topological polar surface area (TPSA) is 111 Å². The summed E-state index contributed by atoms with van der Waals surface area (Å²) < 4.78 is 23.5. The van der Waals surface area contributed by atoms with E-state index in [1.165, 1.54) is 14.2 Å². The largest absolute Gasteiger partial charge is 0.478 e. The maximum Gasteiger partial charge on any atom is 0.338 e. The molecule has 0 aliphatic carbocycles. The molecule has 1 rings (SSSR count). The molecule has 0 aliphatic rings. The van der Waals surface area contributed by atoms with Gasteiger partial charge in [-0.25, -0.2) is 9.18 Å². The fourth-order valence-electron chi connectivity index (χ4n) is 1.64. The van der Waals surface area contributed by atoms with Crippen molar-refractivity contribution in [1.82, 2.24) is 0 Å². The molecule has 0 bridgehead atoms. The summed E-state index contributed by atoms with van der Waals surface area (Å²) in [6.07, 6.45) is -0.392. The van der Waals surface area contributed by atoms with Gasteiger partial charge in [-0.05, 0) is 0 Å². The van der Waals surface area contributed by atoms with Crippen molar-refractivity contribution in [1.29, 1.82) is 0 Å². The lowest BCUT2D eigenvalue weighted by Crippen LogP contribution is -2.27. The van der Waals surface area contributed by atoms with Crippen LogP contribution in [0, 0.1) is 15.9 Å². The molecule has 1 unspecified atom stereocenters. The first-order chi connectivity index (χ1) is 9.90. The molecular formula is C12H15FN2O6. The average Bonchev–Trinajstić information content (AvgIpc) is 2.42. The molecule has 0 heterocycles. The van der Waals surface area contributed by atoms with Gasteiger partial charge in [-0.15, -0.1) is 0 Å². The van der Waals surface area contributed by atoms with E-state index in [9.17, 15) is 19.3 Å². The Balaban J connectivity index is 3.03. The van der Waals surface area contributed by atoms with Crippen LogP contribution < -0.4 is 5.32 Å². The van der Waals surface area contributed by atoms with Crippen LogP contribution in [-0.4, -0.2) is 49.5 Å². The summed E-state index contributed by atoms with van der Waals surface area (Å²) in [5.74, 6) is -2.63. The number of anilines is 1. The van der Waals surface area contributed by atoms with Gasteiger partial charge in [0.15, 0.2) is 0 Å². The smallest absolute Gasteiger partial charge is 0.338 e. The van der Waals surface area contributed by atoms with Crippen LogP contribution in [0.4, 0.5) is 15.8 Å². The van der Waals surface area contributed by atoms with Crippen LogP contribution in [0.25, 0.3) is 0 Å². The van der Waals surface area contributed by atoms with Gasteiger partial charge in [-0.1, -0.05) is 0 Å². The number of hydrogen-bond acceptors (Lipinski definition) is 6. The van der Waals surface area contributed by atoms with E-state index in [0.29, 0.717) is 6.07 Å². The molecule has 0 aromatic heterocycles. The Morgan fingerprint density at radius 3 is 2.67 bits per heavy atom. The van der Waals surface area contributed by atoms with Crippen LogP contribution in [0.1, 0.15) is 10.4 Å². The predicted octanol–water partition coefficient (Wildman–Crippen LogP) is 1.51. The SMILES string of the molecule is COCC(CNc1cc(F)c(C(=O)O)cc1[N+](=O)[O-])OC. The van der Waals surface area contributed by atoms with Gasteiger partial charge >= 0.3 is 5.97 Å². The fraction of sp³-hybridized carbons (Fsp3) is 0.417. The van der Waals surface area contributed by atoms with Gasteiger partial charge < -0.3 is 19.9 Å². The number of carboxylic acids is 1. The lowest BCUT2D eigenvalue weighted by Gasteiger charge is -2.16. The quantitative estimate of drug-likeness (QED) is 0.553. The zero-order chi connectivity index (χ0) is 16.0. The molecule has 2 N–H and O–H groups in total. The number of nitro groups is 1. The van der Waals surface area contributed by atoms with Gasteiger partial charge in [0.2, 0.25) is 0 Å². The maximum absolute atomic E-state index is 13.6. The lowest BCUT2D eigenvalue weighted by atomic mass is 10.1. The first kappa shape index (κ1) is 16.8. The van der Waals surface area contributed by atoms with Crippen LogP contribution in [0.2, 0.25) is 0 Å². The third-order valence-corrected chi connectivity index (χ3v) is 2.72. The molecule has 116 valence electrons. The first-order valence-corrected chi connectivity index (χ1v) is 5.87. The predicted molar refractivity (Wildman–Crippen MR) is 71.2 cm³/mol. The van der Waals surface area contributed by atoms with Gasteiger partial charge in [0.25, 0.3) is 5.69 Å². The number of carboxylic acid groups (broad SMARTS) is 1. The highest BCUT2D eigenvalue weighted by molar-refractivity contribution is 5.90. The summed E-state index contributed by atoms with van der Waals surface area (Å²) in [6.45, 7) is 0.379. The summed E-state index contributed by atoms with van der Waals surface area (Å²) in [4.78, 5) is 20.9. The Labute approximate surface area is 119 Å². The third kappa shape index (κ3) is 4.36. The van der Waals surface area contributed by atoms with Crippen molar-refractivity contribution in [2.45, 2.75) is 6.10 Å². The molecule has 21 heavy (non-hydrogen) atoms. The minimum absolute atomic E-state index is 0.124. The number of benzene rings is 1. The van der Waals surface area contributed by atoms with E-state index in [1.54, 1.807) is 0 Å². The molecule has 8 nitrogen and oxygen atoms in total. The van der Waals surface area contributed by atoms with Gasteiger partial charge in [0, 0.05) is 32.9 Å². The third-order valence-electron chi connectivity index (χ3n) is 2.72. The van der Waals surface area contributed by atoms with Crippen LogP contribution in [-0.2, 0) is 9.47 Å². The standard InChI is InChI=1S/C12H15FN2O6/c1-20-6-7(21-2)5-14-10-4-9(13)8(12(16)17)3-11(10)15(18)19/h3-4,7,14H,5-6H2,1-2H3,(H,16,17). The number of rotatable bonds is 8. The van der Waals surface area contributed by atoms with E-state index >= 15 is 0 Å². The Kier molecular flexibility index (Phi) is 6.00. The fourth-order valence-corrected chi connectivity index (χ4v) is 1.64. The molecule has 9 heteroatoms. The molecule has 0 saturated heterocycles. The van der Waals surface area contributed by atoms with E-state index in [4.69, 9.17) is 14.6 Å². The molecule has 0 amide bonds. The van der Waals surface area contributed by atoms with Crippen molar-refractivity contribution in [2.24, 2.45) is 0 Å². The van der Waals surface area contributed by atoms with Crippen LogP contribution in [0.3, 0.4) is 0 Å². The second-order valence-corrected chi connectivity index (χ2v) is 4.11. The highest BCUT2D eigenvalue weighted by Crippen LogP contribution is 2.28. The maximum atomic E-state index is 13.6. The number of hydrogen-bond donors (Lipinski definition) is 2. The number of carbonyl (C=O) groups is 1. The molecular weight excluding hydrogens is 287 g/mol. The number of nitrogens with one attached hydrogen (secondary N) is 1. The second-order valence-electron chi connectivity index (χ2n) is 4.11. The minimum atomic E-state index is -1.57. The van der Waals surface area contributed by atoms with E-state index in [0.717, 1.165) is 6.07 Å². The first-order valence-electron chi connectivity index (χ1n) is 5.87. The Morgan fingerprint density at radius 2 is 2.19 bits per heavy atom. The van der Waals surface area contributed by atoms with Gasteiger partial charge in [0.05, 0.1) is 17.6 Å². The molecule has 1 atom stereocenters. The van der Waals surface area contributed by atoms with Crippen molar-refractivity contribution in [2.75, 3.05) is 32.7 Å². The lowest BCUT2D eigenvalue weighted by molar-refractivity contribution is -0.384. The zero-order valence-corrected chi connectivity index (χ0v) is 11.5. The molecule has 0 aliphatic heterocycles. The summed E-state index contributed by atoms with van der Waals surface area (Å²) in [7, 11) is 2.91. The monoisotopic (exact) mass is 302 g/mol. The molecule has 0 spiro atoms. The Hall–Kier alpha value is -2.26. The molecule has 1 aromatic carbocycles. The second kappa shape index (κ2) is 7.50. The Bertz CT molecular complexity index is 537. The number of nitrogens with zero attached hydrogens (tertiary/aromatic N) is 1. The highest BCUT2D eigenvalue weighted by atomic mass is 19.1. The number of ether oxygens (including phenoxy) is 2. The number of halogens is 1. The molecule has 0 saturated carbocycles. The minimum Gasteiger partial charge on any atom is -0.478 e. The summed E-state index contributed by atoms with van der Waals surface area (Å²) >= 11 is 0. The molecule has 0 radical (unpaired) electrons. The van der Waals surface area contributed by atoms with Crippen molar-refractivity contribution < 1.29 is 28.7 Å². The van der Waals surface area contributed by atoms with E-state index in [1.807, 2.05) is 0 Å². The summed E-state index contributed by atoms with van der Waals surface area (Å²) in [5, 5.41) is 22.4. The Morgan fingerprint density at radius 1 is 1.52 bits per heavy atom. The van der Waals surface area contributed by atoms with E-state index < -0.39 is 34.1 Å². The van der Waals surface area contributed by atoms with Crippen LogP contribution in [0.15, 0.2) is 12.1 Å². The van der Waals surface area contributed by atoms with Crippen molar-refractivity contribution >= 4 is 17.3 Å². The van der Waals surface area contributed by atoms with Crippen LogP contribution in [0.5, 0.6) is 0 Å². The summed E-state index contributed by atoms with van der Waals surface area (Å²) in [6, 6.07) is 1.46. The highest BCUT2D eigenvalue weighted by Gasteiger charge is 2.22. The van der Waals surface area contributed by atoms with Gasteiger partial charge in [0.1, 0.15) is 17.1 Å². The van der Waals surface area contributed by atoms with E-state index in [2.05, 4.69) is 5.32 Å². The number of nitro benzene ring substituents is 1. The van der Waals surface area contributed by atoms with E-state index in [-0.39, 0.29) is 18.8 Å². The molecule has 0 fully saturated rings. The van der Waals surface area contributed by atoms with Crippen LogP contribution >= 0.6 is 0 Å². The number of aromatic carboxylic acids is 1. The number of methoxy groups -OCH3 is 2. The zero-order valence-electron chi connectivity index (χ0n) is 11.5. The van der Waals surface area contributed by atoms with Gasteiger partial charge in [-0.2, -0.15) is 0 Å². The normalized spacial score (nSPS) is 12.0.